The number of thiazole rings is 1. The Balaban J connectivity index is 2.12. The van der Waals surface area contributed by atoms with Crippen LogP contribution in [0.2, 0.25) is 0 Å². The number of hydrogen-bond donors (Lipinski definition) is 0. The zero-order valence-corrected chi connectivity index (χ0v) is 17.6. The first kappa shape index (κ1) is 20.4. The number of carbonyl (C=O) groups excluding carboxylic acids is 1. The van der Waals surface area contributed by atoms with E-state index in [2.05, 4.69) is 52.9 Å². The fraction of sp³-hybridized carbons (Fsp3) is 0.500. The normalized spacial score (nSPS) is 11.0. The Labute approximate surface area is 161 Å². The lowest BCUT2D eigenvalue weighted by Crippen LogP contribution is -2.36. The molecule has 2 rings (SSSR count). The van der Waals surface area contributed by atoms with E-state index in [1.807, 2.05) is 28.1 Å². The molecular formula is C20H30N4OS. The standard InChI is InChI=1S/C20H30N4OS/c1-7-24(8-2)14-13-23(6)20(25)18-15(3)21-19(26-18)16-9-11-17(12-10-16)22(4)5/h9-12H,7-8,13-14H2,1-6H3. The van der Waals surface area contributed by atoms with E-state index < -0.39 is 0 Å². The van der Waals surface area contributed by atoms with Gasteiger partial charge in [0, 0.05) is 45.5 Å². The topological polar surface area (TPSA) is 39.7 Å². The first-order valence-corrected chi connectivity index (χ1v) is 9.92. The van der Waals surface area contributed by atoms with Gasteiger partial charge in [-0.05, 0) is 44.3 Å². The Bertz CT molecular complexity index is 720. The number of carbonyl (C=O) groups is 1. The molecule has 6 heteroatoms. The molecule has 1 aromatic carbocycles. The van der Waals surface area contributed by atoms with Crippen LogP contribution in [0.25, 0.3) is 10.6 Å². The Morgan fingerprint density at radius 3 is 2.19 bits per heavy atom. The van der Waals surface area contributed by atoms with E-state index in [0.29, 0.717) is 0 Å². The number of nitrogens with zero attached hydrogens (tertiary/aromatic N) is 4. The summed E-state index contributed by atoms with van der Waals surface area (Å²) in [7, 11) is 5.91. The third-order valence-corrected chi connectivity index (χ3v) is 5.81. The summed E-state index contributed by atoms with van der Waals surface area (Å²) in [4.78, 5) is 24.4. The van der Waals surface area contributed by atoms with Gasteiger partial charge in [-0.25, -0.2) is 4.98 Å². The lowest BCUT2D eigenvalue weighted by molar-refractivity contribution is 0.0783. The van der Waals surface area contributed by atoms with Gasteiger partial charge in [0.1, 0.15) is 9.88 Å². The fourth-order valence-corrected chi connectivity index (χ4v) is 3.79. The molecule has 0 saturated carbocycles. The summed E-state index contributed by atoms with van der Waals surface area (Å²) in [5, 5.41) is 0.897. The van der Waals surface area contributed by atoms with Gasteiger partial charge in [-0.15, -0.1) is 11.3 Å². The summed E-state index contributed by atoms with van der Waals surface area (Å²) in [6.07, 6.45) is 0. The Morgan fingerprint density at radius 1 is 1.04 bits per heavy atom. The highest BCUT2D eigenvalue weighted by molar-refractivity contribution is 7.17. The predicted octanol–water partition coefficient (Wildman–Crippen LogP) is 3.60. The second-order valence-corrected chi connectivity index (χ2v) is 7.63. The van der Waals surface area contributed by atoms with Crippen LogP contribution in [-0.2, 0) is 0 Å². The Kier molecular flexibility index (Phi) is 7.17. The van der Waals surface area contributed by atoms with Gasteiger partial charge in [0.2, 0.25) is 0 Å². The van der Waals surface area contributed by atoms with E-state index in [4.69, 9.17) is 0 Å². The van der Waals surface area contributed by atoms with E-state index in [1.54, 1.807) is 4.90 Å². The predicted molar refractivity (Wildman–Crippen MR) is 111 cm³/mol. The van der Waals surface area contributed by atoms with Crippen LogP contribution in [0.4, 0.5) is 5.69 Å². The molecule has 5 nitrogen and oxygen atoms in total. The van der Waals surface area contributed by atoms with Crippen LogP contribution in [0.3, 0.4) is 0 Å². The first-order chi connectivity index (χ1) is 12.4. The van der Waals surface area contributed by atoms with Crippen LogP contribution in [0.1, 0.15) is 29.2 Å². The third kappa shape index (κ3) is 4.83. The number of likely N-dealkylation sites (N-methyl/N-ethyl adjacent to an activating group) is 2. The van der Waals surface area contributed by atoms with Crippen molar-refractivity contribution in [3.63, 3.8) is 0 Å². The van der Waals surface area contributed by atoms with Gasteiger partial charge in [-0.1, -0.05) is 13.8 Å². The van der Waals surface area contributed by atoms with Gasteiger partial charge in [0.25, 0.3) is 5.91 Å². The van der Waals surface area contributed by atoms with E-state index in [0.717, 1.165) is 53.0 Å². The SMILES string of the molecule is CCN(CC)CCN(C)C(=O)c1sc(-c2ccc(N(C)C)cc2)nc1C. The van der Waals surface area contributed by atoms with Crippen LogP contribution >= 0.6 is 11.3 Å². The minimum atomic E-state index is 0.0586. The highest BCUT2D eigenvalue weighted by Gasteiger charge is 2.20. The van der Waals surface area contributed by atoms with Gasteiger partial charge < -0.3 is 14.7 Å². The number of aromatic nitrogens is 1. The maximum atomic E-state index is 12.8. The molecule has 1 aromatic heterocycles. The average Bonchev–Trinajstić information content (AvgIpc) is 3.03. The zero-order chi connectivity index (χ0) is 19.3. The number of benzene rings is 1. The lowest BCUT2D eigenvalue weighted by Gasteiger charge is -2.22. The summed E-state index contributed by atoms with van der Waals surface area (Å²) in [6.45, 7) is 9.84. The van der Waals surface area contributed by atoms with Crippen LogP contribution in [0.5, 0.6) is 0 Å². The molecule has 0 atom stereocenters. The summed E-state index contributed by atoms with van der Waals surface area (Å²) < 4.78 is 0. The largest absolute Gasteiger partial charge is 0.378 e. The third-order valence-electron chi connectivity index (χ3n) is 4.61. The quantitative estimate of drug-likeness (QED) is 0.708. The number of amides is 1. The van der Waals surface area contributed by atoms with Crippen molar-refractivity contribution in [2.45, 2.75) is 20.8 Å². The van der Waals surface area contributed by atoms with Crippen molar-refractivity contribution in [2.24, 2.45) is 0 Å². The zero-order valence-electron chi connectivity index (χ0n) is 16.7. The molecule has 26 heavy (non-hydrogen) atoms. The summed E-state index contributed by atoms with van der Waals surface area (Å²) >= 11 is 1.48. The highest BCUT2D eigenvalue weighted by atomic mass is 32.1. The number of hydrogen-bond acceptors (Lipinski definition) is 5. The highest BCUT2D eigenvalue weighted by Crippen LogP contribution is 2.29. The molecule has 0 saturated heterocycles. The van der Waals surface area contributed by atoms with Gasteiger partial charge in [-0.3, -0.25) is 4.79 Å². The number of aryl methyl sites for hydroxylation is 1. The monoisotopic (exact) mass is 374 g/mol. The van der Waals surface area contributed by atoms with E-state index in [1.165, 1.54) is 11.3 Å². The Hall–Kier alpha value is -1.92. The first-order valence-electron chi connectivity index (χ1n) is 9.10. The van der Waals surface area contributed by atoms with Crippen molar-refractivity contribution in [3.05, 3.63) is 34.8 Å². The van der Waals surface area contributed by atoms with E-state index >= 15 is 0 Å². The van der Waals surface area contributed by atoms with E-state index in [9.17, 15) is 4.79 Å². The minimum absolute atomic E-state index is 0.0586. The maximum absolute atomic E-state index is 12.8. The summed E-state index contributed by atoms with van der Waals surface area (Å²) in [6, 6.07) is 8.27. The second-order valence-electron chi connectivity index (χ2n) is 6.63. The molecule has 0 spiro atoms. The summed E-state index contributed by atoms with van der Waals surface area (Å²) in [5.41, 5.74) is 3.00. The molecular weight excluding hydrogens is 344 g/mol. The summed E-state index contributed by atoms with van der Waals surface area (Å²) in [5.74, 6) is 0.0586. The van der Waals surface area contributed by atoms with Crippen molar-refractivity contribution in [2.75, 3.05) is 52.2 Å². The minimum Gasteiger partial charge on any atom is -0.378 e. The van der Waals surface area contributed by atoms with E-state index in [-0.39, 0.29) is 5.91 Å². The van der Waals surface area contributed by atoms with Gasteiger partial charge in [0.15, 0.2) is 0 Å². The molecule has 1 amide bonds. The molecule has 0 N–H and O–H groups in total. The Morgan fingerprint density at radius 2 is 1.65 bits per heavy atom. The van der Waals surface area contributed by atoms with Gasteiger partial charge in [-0.2, -0.15) is 0 Å². The van der Waals surface area contributed by atoms with Crippen LogP contribution in [0, 0.1) is 6.92 Å². The van der Waals surface area contributed by atoms with Crippen molar-refractivity contribution < 1.29 is 4.79 Å². The molecule has 0 radical (unpaired) electrons. The van der Waals surface area contributed by atoms with Crippen molar-refractivity contribution >= 4 is 22.9 Å². The lowest BCUT2D eigenvalue weighted by atomic mass is 10.2. The van der Waals surface area contributed by atoms with Crippen LogP contribution in [-0.4, -0.2) is 68.0 Å². The number of anilines is 1. The van der Waals surface area contributed by atoms with Crippen molar-refractivity contribution in [1.82, 2.24) is 14.8 Å². The van der Waals surface area contributed by atoms with Crippen LogP contribution in [0.15, 0.2) is 24.3 Å². The van der Waals surface area contributed by atoms with Crippen molar-refractivity contribution in [3.8, 4) is 10.6 Å². The second kappa shape index (κ2) is 9.14. The molecule has 0 unspecified atom stereocenters. The molecule has 2 aromatic rings. The molecule has 0 bridgehead atoms. The molecule has 142 valence electrons. The maximum Gasteiger partial charge on any atom is 0.265 e. The molecule has 1 heterocycles. The molecule has 0 fully saturated rings. The molecule has 0 aliphatic carbocycles. The molecule has 0 aliphatic rings. The average molecular weight is 375 g/mol. The number of rotatable bonds is 8. The smallest absolute Gasteiger partial charge is 0.265 e. The van der Waals surface area contributed by atoms with Gasteiger partial charge in [0.05, 0.1) is 5.69 Å². The van der Waals surface area contributed by atoms with Crippen molar-refractivity contribution in [1.29, 1.82) is 0 Å². The van der Waals surface area contributed by atoms with Gasteiger partial charge >= 0.3 is 0 Å². The molecule has 0 aliphatic heterocycles. The fourth-order valence-electron chi connectivity index (χ4n) is 2.73. The van der Waals surface area contributed by atoms with Crippen LogP contribution < -0.4 is 4.90 Å².